The first-order chi connectivity index (χ1) is 8.23. The SMILES string of the molecule is N[C@@H](CC(=O)NC(CCC(=O)O)C(=O)O)C(=O)O. The van der Waals surface area contributed by atoms with E-state index in [1.54, 1.807) is 0 Å². The smallest absolute Gasteiger partial charge is 0.326 e. The second-order valence-electron chi connectivity index (χ2n) is 3.54. The van der Waals surface area contributed by atoms with E-state index in [-0.39, 0.29) is 6.42 Å². The van der Waals surface area contributed by atoms with Crippen LogP contribution >= 0.6 is 0 Å². The lowest BCUT2D eigenvalue weighted by atomic mass is 10.1. The van der Waals surface area contributed by atoms with Crippen molar-refractivity contribution in [3.8, 4) is 0 Å². The molecule has 0 radical (unpaired) electrons. The van der Waals surface area contributed by atoms with Crippen molar-refractivity contribution in [3.05, 3.63) is 0 Å². The van der Waals surface area contributed by atoms with E-state index in [0.29, 0.717) is 0 Å². The van der Waals surface area contributed by atoms with Gasteiger partial charge in [-0.2, -0.15) is 0 Å². The molecule has 0 aliphatic rings. The number of aliphatic carboxylic acids is 3. The summed E-state index contributed by atoms with van der Waals surface area (Å²) < 4.78 is 0. The Morgan fingerprint density at radius 3 is 2.00 bits per heavy atom. The molecule has 0 aliphatic heterocycles. The van der Waals surface area contributed by atoms with Gasteiger partial charge in [0.05, 0.1) is 6.42 Å². The van der Waals surface area contributed by atoms with Crippen molar-refractivity contribution in [1.29, 1.82) is 0 Å². The zero-order chi connectivity index (χ0) is 14.3. The van der Waals surface area contributed by atoms with Crippen LogP contribution in [0.25, 0.3) is 0 Å². The van der Waals surface area contributed by atoms with Crippen molar-refractivity contribution in [3.63, 3.8) is 0 Å². The Labute approximate surface area is 102 Å². The normalized spacial score (nSPS) is 13.4. The van der Waals surface area contributed by atoms with Crippen molar-refractivity contribution in [2.24, 2.45) is 5.73 Å². The number of rotatable bonds is 8. The summed E-state index contributed by atoms with van der Waals surface area (Å²) in [6.45, 7) is 0. The third kappa shape index (κ3) is 6.43. The van der Waals surface area contributed by atoms with Gasteiger partial charge in [-0.3, -0.25) is 14.4 Å². The second-order valence-corrected chi connectivity index (χ2v) is 3.54. The van der Waals surface area contributed by atoms with Crippen molar-refractivity contribution >= 4 is 23.8 Å². The van der Waals surface area contributed by atoms with Gasteiger partial charge >= 0.3 is 17.9 Å². The summed E-state index contributed by atoms with van der Waals surface area (Å²) in [4.78, 5) is 42.6. The fourth-order valence-electron chi connectivity index (χ4n) is 1.07. The Hall–Kier alpha value is -2.16. The number of carbonyl (C=O) groups is 4. The molecule has 102 valence electrons. The molecular formula is C9H14N2O7. The molecule has 0 bridgehead atoms. The first-order valence-electron chi connectivity index (χ1n) is 4.96. The minimum absolute atomic E-state index is 0.293. The van der Waals surface area contributed by atoms with E-state index in [9.17, 15) is 19.2 Å². The Morgan fingerprint density at radius 1 is 1.06 bits per heavy atom. The third-order valence-corrected chi connectivity index (χ3v) is 2.00. The molecule has 0 aromatic carbocycles. The molecule has 18 heavy (non-hydrogen) atoms. The molecule has 0 spiro atoms. The number of carboxylic acids is 3. The van der Waals surface area contributed by atoms with Crippen molar-refractivity contribution in [2.75, 3.05) is 0 Å². The summed E-state index contributed by atoms with van der Waals surface area (Å²) in [5.74, 6) is -4.84. The molecule has 0 aromatic rings. The number of nitrogens with two attached hydrogens (primary N) is 1. The molecule has 1 unspecified atom stereocenters. The number of carboxylic acid groups (broad SMARTS) is 3. The van der Waals surface area contributed by atoms with Crippen LogP contribution in [0.3, 0.4) is 0 Å². The van der Waals surface area contributed by atoms with Crippen LogP contribution in [-0.2, 0) is 19.2 Å². The molecule has 9 heteroatoms. The van der Waals surface area contributed by atoms with E-state index >= 15 is 0 Å². The number of amides is 1. The average Bonchev–Trinajstić information content (AvgIpc) is 2.23. The van der Waals surface area contributed by atoms with Gasteiger partial charge in [0.15, 0.2) is 0 Å². The van der Waals surface area contributed by atoms with E-state index < -0.39 is 48.7 Å². The first kappa shape index (κ1) is 15.8. The molecule has 0 saturated carbocycles. The van der Waals surface area contributed by atoms with E-state index in [2.05, 4.69) is 0 Å². The lowest BCUT2D eigenvalue weighted by molar-refractivity contribution is -0.143. The zero-order valence-electron chi connectivity index (χ0n) is 9.33. The quantitative estimate of drug-likeness (QED) is 0.342. The topological polar surface area (TPSA) is 167 Å². The van der Waals surface area contributed by atoms with Gasteiger partial charge in [0.2, 0.25) is 5.91 Å². The maximum atomic E-state index is 11.3. The maximum Gasteiger partial charge on any atom is 0.326 e. The van der Waals surface area contributed by atoms with E-state index in [1.165, 1.54) is 0 Å². The molecule has 0 rings (SSSR count). The Morgan fingerprint density at radius 2 is 1.61 bits per heavy atom. The first-order valence-corrected chi connectivity index (χ1v) is 4.96. The van der Waals surface area contributed by atoms with Gasteiger partial charge in [-0.05, 0) is 6.42 Å². The number of carbonyl (C=O) groups excluding carboxylic acids is 1. The van der Waals surface area contributed by atoms with E-state index in [0.717, 1.165) is 0 Å². The zero-order valence-corrected chi connectivity index (χ0v) is 9.33. The van der Waals surface area contributed by atoms with Crippen LogP contribution in [0.5, 0.6) is 0 Å². The fourth-order valence-corrected chi connectivity index (χ4v) is 1.07. The Bertz CT molecular complexity index is 355. The largest absolute Gasteiger partial charge is 0.481 e. The molecule has 0 fully saturated rings. The highest BCUT2D eigenvalue weighted by Crippen LogP contribution is 1.99. The summed E-state index contributed by atoms with van der Waals surface area (Å²) in [6, 6.07) is -2.81. The molecule has 1 amide bonds. The Kier molecular flexibility index (Phi) is 6.35. The summed E-state index contributed by atoms with van der Waals surface area (Å²) in [7, 11) is 0. The van der Waals surface area contributed by atoms with Crippen molar-refractivity contribution in [2.45, 2.75) is 31.3 Å². The number of hydrogen-bond acceptors (Lipinski definition) is 5. The minimum atomic E-state index is -1.43. The highest BCUT2D eigenvalue weighted by molar-refractivity contribution is 5.87. The van der Waals surface area contributed by atoms with Crippen LogP contribution in [-0.4, -0.2) is 51.2 Å². The van der Waals surface area contributed by atoms with Gasteiger partial charge in [0, 0.05) is 6.42 Å². The summed E-state index contributed by atoms with van der Waals surface area (Å²) in [5.41, 5.74) is 5.09. The molecule has 0 aliphatic carbocycles. The van der Waals surface area contributed by atoms with E-state index in [1.807, 2.05) is 5.32 Å². The summed E-state index contributed by atoms with van der Waals surface area (Å²) >= 11 is 0. The molecule has 0 heterocycles. The second kappa shape index (κ2) is 7.22. The van der Waals surface area contributed by atoms with Gasteiger partial charge in [-0.25, -0.2) is 4.79 Å². The highest BCUT2D eigenvalue weighted by atomic mass is 16.4. The molecule has 0 aromatic heterocycles. The highest BCUT2D eigenvalue weighted by Gasteiger charge is 2.23. The molecule has 6 N–H and O–H groups in total. The summed E-state index contributed by atoms with van der Waals surface area (Å²) in [6.07, 6.45) is -1.30. The van der Waals surface area contributed by atoms with Gasteiger partial charge < -0.3 is 26.4 Å². The van der Waals surface area contributed by atoms with Crippen LogP contribution in [0.1, 0.15) is 19.3 Å². The number of nitrogens with one attached hydrogen (secondary N) is 1. The number of hydrogen-bond donors (Lipinski definition) is 5. The van der Waals surface area contributed by atoms with Crippen molar-refractivity contribution < 1.29 is 34.5 Å². The fraction of sp³-hybridized carbons (Fsp3) is 0.556. The lowest BCUT2D eigenvalue weighted by Gasteiger charge is -2.14. The van der Waals surface area contributed by atoms with Crippen LogP contribution in [0.15, 0.2) is 0 Å². The molecular weight excluding hydrogens is 248 g/mol. The predicted molar refractivity (Wildman–Crippen MR) is 56.7 cm³/mol. The maximum absolute atomic E-state index is 11.3. The predicted octanol–water partition coefficient (Wildman–Crippen LogP) is -1.78. The van der Waals surface area contributed by atoms with Crippen LogP contribution < -0.4 is 11.1 Å². The van der Waals surface area contributed by atoms with Gasteiger partial charge in [-0.15, -0.1) is 0 Å². The standard InChI is InChI=1S/C9H14N2O7/c10-4(8(15)16)3-6(12)11-5(9(17)18)1-2-7(13)14/h4-5H,1-3,10H2,(H,11,12)(H,13,14)(H,15,16)(H,17,18)/t4-,5?/m0/s1. The summed E-state index contributed by atoms with van der Waals surface area (Å²) in [5, 5.41) is 27.6. The van der Waals surface area contributed by atoms with Crippen LogP contribution in [0, 0.1) is 0 Å². The average molecular weight is 262 g/mol. The third-order valence-electron chi connectivity index (χ3n) is 2.00. The van der Waals surface area contributed by atoms with Gasteiger partial charge in [0.25, 0.3) is 0 Å². The molecule has 0 saturated heterocycles. The molecule has 2 atom stereocenters. The monoisotopic (exact) mass is 262 g/mol. The Balaban J connectivity index is 4.32. The van der Waals surface area contributed by atoms with Crippen molar-refractivity contribution in [1.82, 2.24) is 5.32 Å². The van der Waals surface area contributed by atoms with Crippen LogP contribution in [0.4, 0.5) is 0 Å². The minimum Gasteiger partial charge on any atom is -0.481 e. The lowest BCUT2D eigenvalue weighted by Crippen LogP contribution is -2.44. The van der Waals surface area contributed by atoms with E-state index in [4.69, 9.17) is 21.1 Å². The van der Waals surface area contributed by atoms with Crippen LogP contribution in [0.2, 0.25) is 0 Å². The van der Waals surface area contributed by atoms with Gasteiger partial charge in [0.1, 0.15) is 12.1 Å². The molecule has 9 nitrogen and oxygen atoms in total. The van der Waals surface area contributed by atoms with Gasteiger partial charge in [-0.1, -0.05) is 0 Å².